The Labute approximate surface area is 148 Å². The van der Waals surface area contributed by atoms with E-state index in [1.165, 1.54) is 9.80 Å². The van der Waals surface area contributed by atoms with Crippen LogP contribution in [-0.4, -0.2) is 74.8 Å². The molecular formula is C15H30N8O2+2. The lowest BCUT2D eigenvalue weighted by atomic mass is 10.3. The molecule has 0 amide bonds. The molecule has 140 valence electrons. The molecule has 1 aliphatic heterocycles. The van der Waals surface area contributed by atoms with Crippen molar-refractivity contribution >= 4 is 23.3 Å². The third-order valence-corrected chi connectivity index (χ3v) is 4.48. The van der Waals surface area contributed by atoms with E-state index in [-0.39, 0.29) is 11.5 Å². The normalized spacial score (nSPS) is 15.6. The molecule has 1 aromatic heterocycles. The predicted octanol–water partition coefficient (Wildman–Crippen LogP) is -2.36. The summed E-state index contributed by atoms with van der Waals surface area (Å²) in [4.78, 5) is 24.2. The molecule has 0 aromatic carbocycles. The first-order valence-electron chi connectivity index (χ1n) is 8.85. The molecule has 25 heavy (non-hydrogen) atoms. The lowest BCUT2D eigenvalue weighted by Gasteiger charge is -2.32. The number of quaternary nitrogens is 2. The number of aromatic nitrogens is 2. The number of rotatable bonds is 8. The van der Waals surface area contributed by atoms with Crippen molar-refractivity contribution in [1.82, 2.24) is 9.97 Å². The summed E-state index contributed by atoms with van der Waals surface area (Å²) in [5, 5.41) is 14.6. The highest BCUT2D eigenvalue weighted by Gasteiger charge is 2.30. The van der Waals surface area contributed by atoms with Crippen LogP contribution in [0.3, 0.4) is 0 Å². The first-order chi connectivity index (χ1) is 11.9. The second-order valence-corrected chi connectivity index (χ2v) is 6.69. The molecule has 1 aromatic rings. The zero-order valence-corrected chi connectivity index (χ0v) is 15.3. The molecule has 0 aliphatic carbocycles. The minimum absolute atomic E-state index is 0.0824. The summed E-state index contributed by atoms with van der Waals surface area (Å²) in [5.41, 5.74) is 5.68. The largest absolute Gasteiger partial charge is 0.378 e. The summed E-state index contributed by atoms with van der Waals surface area (Å²) >= 11 is 0. The molecule has 0 spiro atoms. The van der Waals surface area contributed by atoms with Gasteiger partial charge in [0.25, 0.3) is 0 Å². The van der Waals surface area contributed by atoms with E-state index in [1.54, 1.807) is 0 Å². The van der Waals surface area contributed by atoms with Gasteiger partial charge in [0.2, 0.25) is 17.6 Å². The number of nitro groups is 1. The summed E-state index contributed by atoms with van der Waals surface area (Å²) in [6.45, 7) is 8.25. The molecule has 2 rings (SSSR count). The molecule has 10 heteroatoms. The molecule has 2 heterocycles. The minimum atomic E-state index is -0.483. The van der Waals surface area contributed by atoms with E-state index in [2.05, 4.69) is 36.3 Å². The monoisotopic (exact) mass is 354 g/mol. The zero-order valence-electron chi connectivity index (χ0n) is 15.3. The first-order valence-corrected chi connectivity index (χ1v) is 8.85. The third kappa shape index (κ3) is 5.13. The summed E-state index contributed by atoms with van der Waals surface area (Å²) in [7, 11) is 4.19. The lowest BCUT2D eigenvalue weighted by Crippen LogP contribution is -3.14. The average Bonchev–Trinajstić information content (AvgIpc) is 2.57. The maximum absolute atomic E-state index is 11.4. The summed E-state index contributed by atoms with van der Waals surface area (Å²) in [5.74, 6) is 0.603. The van der Waals surface area contributed by atoms with Gasteiger partial charge in [-0.15, -0.1) is 0 Å². The van der Waals surface area contributed by atoms with Crippen molar-refractivity contribution in [3.63, 3.8) is 0 Å². The Bertz CT molecular complexity index is 587. The maximum atomic E-state index is 11.4. The number of nitrogens with two attached hydrogens (primary N) is 1. The lowest BCUT2D eigenvalue weighted by molar-refractivity contribution is -0.898. The van der Waals surface area contributed by atoms with Gasteiger partial charge in [0, 0.05) is 13.0 Å². The van der Waals surface area contributed by atoms with Gasteiger partial charge in [0.1, 0.15) is 0 Å². The van der Waals surface area contributed by atoms with E-state index in [1.807, 2.05) is 4.90 Å². The molecule has 0 atom stereocenters. The van der Waals surface area contributed by atoms with Gasteiger partial charge in [-0.2, -0.15) is 9.97 Å². The van der Waals surface area contributed by atoms with Gasteiger partial charge in [-0.3, -0.25) is 10.1 Å². The number of hydrogen-bond donors (Lipinski definition) is 4. The molecule has 10 nitrogen and oxygen atoms in total. The Hall–Kier alpha value is -2.20. The molecule has 0 unspecified atom stereocenters. The Morgan fingerprint density at radius 2 is 2.04 bits per heavy atom. The van der Waals surface area contributed by atoms with Crippen molar-refractivity contribution in [2.75, 3.05) is 75.9 Å². The van der Waals surface area contributed by atoms with Crippen LogP contribution in [0.1, 0.15) is 13.3 Å². The van der Waals surface area contributed by atoms with Crippen molar-refractivity contribution in [1.29, 1.82) is 0 Å². The predicted molar refractivity (Wildman–Crippen MR) is 97.3 cm³/mol. The van der Waals surface area contributed by atoms with Crippen molar-refractivity contribution in [2.24, 2.45) is 0 Å². The summed E-state index contributed by atoms with van der Waals surface area (Å²) in [6, 6.07) is 0. The van der Waals surface area contributed by atoms with Crippen LogP contribution in [0, 0.1) is 10.1 Å². The van der Waals surface area contributed by atoms with E-state index in [0.717, 1.165) is 45.7 Å². The standard InChI is InChI=1S/C15H28N8O2/c1-4-21-8-10-22(11-9-21)14-12(23(24)25)13(16)18-15(19-14)17-6-5-7-20(2)3/h4-11H2,1-3H3,(H3,16,17,18,19)/p+2. The molecule has 1 saturated heterocycles. The Balaban J connectivity index is 2.16. The van der Waals surface area contributed by atoms with Crippen LogP contribution in [0.5, 0.6) is 0 Å². The Kier molecular flexibility index (Phi) is 6.71. The van der Waals surface area contributed by atoms with Crippen LogP contribution in [0.25, 0.3) is 0 Å². The highest BCUT2D eigenvalue weighted by molar-refractivity contribution is 5.71. The van der Waals surface area contributed by atoms with Crippen LogP contribution in [0.4, 0.5) is 23.3 Å². The molecular weight excluding hydrogens is 324 g/mol. The Morgan fingerprint density at radius 1 is 1.36 bits per heavy atom. The van der Waals surface area contributed by atoms with Crippen LogP contribution in [0.2, 0.25) is 0 Å². The van der Waals surface area contributed by atoms with Gasteiger partial charge in [0.05, 0.1) is 58.3 Å². The molecule has 1 fully saturated rings. The maximum Gasteiger partial charge on any atom is 0.353 e. The molecule has 0 bridgehead atoms. The second kappa shape index (κ2) is 8.77. The zero-order chi connectivity index (χ0) is 18.4. The number of anilines is 3. The number of nitrogens with one attached hydrogen (secondary N) is 3. The number of nitrogen functional groups attached to an aromatic ring is 1. The fraction of sp³-hybridized carbons (Fsp3) is 0.733. The van der Waals surface area contributed by atoms with E-state index in [9.17, 15) is 10.1 Å². The molecule has 0 radical (unpaired) electrons. The number of likely N-dealkylation sites (N-methyl/N-ethyl adjacent to an activating group) is 1. The smallest absolute Gasteiger partial charge is 0.353 e. The summed E-state index contributed by atoms with van der Waals surface area (Å²) in [6.07, 6.45) is 0.955. The topological polar surface area (TPSA) is 119 Å². The average molecular weight is 354 g/mol. The number of nitrogens with zero attached hydrogens (tertiary/aromatic N) is 4. The van der Waals surface area contributed by atoms with E-state index in [0.29, 0.717) is 18.3 Å². The quantitative estimate of drug-likeness (QED) is 0.234. The van der Waals surface area contributed by atoms with Gasteiger partial charge in [0.15, 0.2) is 0 Å². The minimum Gasteiger partial charge on any atom is -0.378 e. The highest BCUT2D eigenvalue weighted by Crippen LogP contribution is 2.31. The van der Waals surface area contributed by atoms with Gasteiger partial charge in [-0.05, 0) is 6.92 Å². The van der Waals surface area contributed by atoms with E-state index in [4.69, 9.17) is 5.73 Å². The van der Waals surface area contributed by atoms with Gasteiger partial charge < -0.3 is 25.8 Å². The van der Waals surface area contributed by atoms with Gasteiger partial charge >= 0.3 is 5.69 Å². The van der Waals surface area contributed by atoms with Crippen LogP contribution < -0.4 is 25.8 Å². The third-order valence-electron chi connectivity index (χ3n) is 4.48. The van der Waals surface area contributed by atoms with Crippen molar-refractivity contribution in [3.05, 3.63) is 10.1 Å². The fourth-order valence-corrected chi connectivity index (χ4v) is 2.97. The SMILES string of the molecule is CC[NH+]1CCN(c2nc(NCCC[NH+](C)C)nc(N)c2[N+](=O)[O-])CC1. The second-order valence-electron chi connectivity index (χ2n) is 6.69. The van der Waals surface area contributed by atoms with Gasteiger partial charge in [-0.25, -0.2) is 0 Å². The highest BCUT2D eigenvalue weighted by atomic mass is 16.6. The number of hydrogen-bond acceptors (Lipinski definition) is 7. The van der Waals surface area contributed by atoms with Crippen LogP contribution in [-0.2, 0) is 0 Å². The van der Waals surface area contributed by atoms with Crippen LogP contribution in [0.15, 0.2) is 0 Å². The first kappa shape index (κ1) is 19.1. The molecule has 1 aliphatic rings. The molecule has 5 N–H and O–H groups in total. The summed E-state index contributed by atoms with van der Waals surface area (Å²) < 4.78 is 0. The van der Waals surface area contributed by atoms with Crippen molar-refractivity contribution in [2.45, 2.75) is 13.3 Å². The van der Waals surface area contributed by atoms with Crippen LogP contribution >= 0.6 is 0 Å². The molecule has 0 saturated carbocycles. The fourth-order valence-electron chi connectivity index (χ4n) is 2.97. The van der Waals surface area contributed by atoms with E-state index >= 15 is 0 Å². The van der Waals surface area contributed by atoms with Crippen molar-refractivity contribution < 1.29 is 14.7 Å². The van der Waals surface area contributed by atoms with Crippen molar-refractivity contribution in [3.8, 4) is 0 Å². The Morgan fingerprint density at radius 3 is 2.60 bits per heavy atom. The number of piperazine rings is 1. The van der Waals surface area contributed by atoms with Gasteiger partial charge in [-0.1, -0.05) is 0 Å². The van der Waals surface area contributed by atoms with E-state index < -0.39 is 4.92 Å².